The molecule has 2 unspecified atom stereocenters. The van der Waals surface area contributed by atoms with Gasteiger partial charge in [0.25, 0.3) is 0 Å². The molecule has 0 amide bonds. The molecule has 0 rings (SSSR count). The Morgan fingerprint density at radius 3 is 2.04 bits per heavy atom. The molecule has 0 fully saturated rings. The Hall–Kier alpha value is -0.660. The van der Waals surface area contributed by atoms with Gasteiger partial charge < -0.3 is 4.74 Å². The molecule has 144 valence electrons. The first kappa shape index (κ1) is 23.3. The quantitative estimate of drug-likeness (QED) is 0.264. The molecule has 2 atom stereocenters. The zero-order valence-corrected chi connectivity index (χ0v) is 16.1. The molecule has 0 aliphatic heterocycles. The largest absolute Gasteiger partial charge is 0.463 e. The summed E-state index contributed by atoms with van der Waals surface area (Å²) in [5.41, 5.74) is 0. The van der Waals surface area contributed by atoms with Gasteiger partial charge in [0.05, 0.1) is 6.61 Å². The van der Waals surface area contributed by atoms with Gasteiger partial charge in [0.15, 0.2) is 6.10 Å². The first-order chi connectivity index (χ1) is 11.3. The van der Waals surface area contributed by atoms with Crippen LogP contribution in [-0.2, 0) is 24.1 Å². The summed E-state index contributed by atoms with van der Waals surface area (Å²) in [6, 6.07) is 0. The second-order valence-corrected chi connectivity index (χ2v) is 7.38. The summed E-state index contributed by atoms with van der Waals surface area (Å²) in [5, 5.41) is 0. The first-order valence-corrected chi connectivity index (χ1v) is 10.5. The average Bonchev–Trinajstić information content (AvgIpc) is 2.50. The number of esters is 1. The Labute approximate surface area is 147 Å². The topological polar surface area (TPSA) is 89.9 Å². The van der Waals surface area contributed by atoms with E-state index < -0.39 is 22.5 Å². The van der Waals surface area contributed by atoms with Crippen LogP contribution in [0.1, 0.15) is 85.0 Å². The summed E-state index contributed by atoms with van der Waals surface area (Å²) >= 11 is 0. The van der Waals surface area contributed by atoms with E-state index in [1.807, 2.05) is 6.92 Å². The van der Waals surface area contributed by atoms with E-state index in [2.05, 4.69) is 11.1 Å². The fourth-order valence-corrected chi connectivity index (χ4v) is 2.95. The van der Waals surface area contributed by atoms with Crippen LogP contribution in [0.25, 0.3) is 0 Å². The van der Waals surface area contributed by atoms with Crippen molar-refractivity contribution in [3.63, 3.8) is 0 Å². The monoisotopic (exact) mass is 366 g/mol. The van der Waals surface area contributed by atoms with E-state index in [1.165, 1.54) is 51.9 Å². The SMILES string of the molecule is CCCCCCCCCCC(CC)COC(=O)C(C)OS(=O)(=O)O. The lowest BCUT2D eigenvalue weighted by Crippen LogP contribution is -2.27. The van der Waals surface area contributed by atoms with Gasteiger partial charge in [0, 0.05) is 0 Å². The van der Waals surface area contributed by atoms with E-state index in [0.29, 0.717) is 0 Å². The van der Waals surface area contributed by atoms with Crippen LogP contribution in [0.2, 0.25) is 0 Å². The Bertz CT molecular complexity index is 421. The van der Waals surface area contributed by atoms with Gasteiger partial charge in [0.1, 0.15) is 0 Å². The summed E-state index contributed by atoms with van der Waals surface area (Å²) in [4.78, 5) is 11.6. The van der Waals surface area contributed by atoms with Crippen LogP contribution >= 0.6 is 0 Å². The second-order valence-electron chi connectivity index (χ2n) is 6.33. The van der Waals surface area contributed by atoms with Crippen LogP contribution < -0.4 is 0 Å². The van der Waals surface area contributed by atoms with Crippen molar-refractivity contribution < 1.29 is 26.7 Å². The Kier molecular flexibility index (Phi) is 13.2. The second kappa shape index (κ2) is 13.6. The molecule has 0 aliphatic rings. The van der Waals surface area contributed by atoms with Gasteiger partial charge in [-0.05, 0) is 19.3 Å². The van der Waals surface area contributed by atoms with E-state index >= 15 is 0 Å². The lowest BCUT2D eigenvalue weighted by atomic mass is 9.98. The summed E-state index contributed by atoms with van der Waals surface area (Å²) in [7, 11) is -4.64. The third-order valence-corrected chi connectivity index (χ3v) is 4.63. The van der Waals surface area contributed by atoms with Gasteiger partial charge in [-0.2, -0.15) is 8.42 Å². The summed E-state index contributed by atoms with van der Waals surface area (Å²) < 4.78 is 38.9. The average molecular weight is 367 g/mol. The van der Waals surface area contributed by atoms with E-state index in [-0.39, 0.29) is 12.5 Å². The molecule has 0 aromatic heterocycles. The van der Waals surface area contributed by atoms with Crippen molar-refractivity contribution in [2.75, 3.05) is 6.61 Å². The van der Waals surface area contributed by atoms with Crippen molar-refractivity contribution in [1.82, 2.24) is 0 Å². The van der Waals surface area contributed by atoms with Gasteiger partial charge in [-0.3, -0.25) is 4.55 Å². The third-order valence-electron chi connectivity index (χ3n) is 4.10. The number of ether oxygens (including phenoxy) is 1. The minimum absolute atomic E-state index is 0.255. The molecule has 0 spiro atoms. The molecular weight excluding hydrogens is 332 g/mol. The summed E-state index contributed by atoms with van der Waals surface area (Å²) in [6.45, 7) is 5.75. The molecule has 24 heavy (non-hydrogen) atoms. The number of rotatable bonds is 15. The number of carbonyl (C=O) groups is 1. The normalized spacial score (nSPS) is 14.3. The van der Waals surface area contributed by atoms with Crippen LogP contribution in [0.4, 0.5) is 0 Å². The fourth-order valence-electron chi connectivity index (χ4n) is 2.51. The lowest BCUT2D eigenvalue weighted by Gasteiger charge is -2.16. The van der Waals surface area contributed by atoms with Crippen molar-refractivity contribution in [1.29, 1.82) is 0 Å². The maximum Gasteiger partial charge on any atom is 0.398 e. The Morgan fingerprint density at radius 2 is 1.54 bits per heavy atom. The Morgan fingerprint density at radius 1 is 1.00 bits per heavy atom. The highest BCUT2D eigenvalue weighted by Gasteiger charge is 2.22. The standard InChI is InChI=1S/C17H34O6S/c1-4-6-7-8-9-10-11-12-13-16(5-2)14-22-17(18)15(3)23-24(19,20)21/h15-16H,4-14H2,1-3H3,(H,19,20,21). The van der Waals surface area contributed by atoms with Crippen molar-refractivity contribution in [3.05, 3.63) is 0 Å². The highest BCUT2D eigenvalue weighted by Crippen LogP contribution is 2.16. The molecule has 7 heteroatoms. The first-order valence-electron chi connectivity index (χ1n) is 9.12. The molecule has 0 bridgehead atoms. The van der Waals surface area contributed by atoms with Crippen LogP contribution in [0, 0.1) is 5.92 Å². The minimum Gasteiger partial charge on any atom is -0.463 e. The number of hydrogen-bond donors (Lipinski definition) is 1. The van der Waals surface area contributed by atoms with E-state index in [1.54, 1.807) is 0 Å². The summed E-state index contributed by atoms with van der Waals surface area (Å²) in [5.74, 6) is -0.506. The number of hydrogen-bond acceptors (Lipinski definition) is 5. The minimum atomic E-state index is -4.64. The van der Waals surface area contributed by atoms with Crippen molar-refractivity contribution in [3.8, 4) is 0 Å². The molecular formula is C17H34O6S. The molecule has 0 radical (unpaired) electrons. The highest BCUT2D eigenvalue weighted by molar-refractivity contribution is 7.80. The highest BCUT2D eigenvalue weighted by atomic mass is 32.3. The predicted octanol–water partition coefficient (Wildman–Crippen LogP) is 4.29. The van der Waals surface area contributed by atoms with Crippen molar-refractivity contribution >= 4 is 16.4 Å². The molecule has 1 N–H and O–H groups in total. The molecule has 0 aromatic rings. The molecule has 0 aromatic carbocycles. The fraction of sp³-hybridized carbons (Fsp3) is 0.941. The number of carbonyl (C=O) groups excluding carboxylic acids is 1. The summed E-state index contributed by atoms with van der Waals surface area (Å²) in [6.07, 6.45) is 10.6. The smallest absolute Gasteiger partial charge is 0.398 e. The van der Waals surface area contributed by atoms with Crippen LogP contribution in [-0.4, -0.2) is 31.7 Å². The molecule has 0 saturated carbocycles. The Balaban J connectivity index is 3.81. The zero-order valence-electron chi connectivity index (χ0n) is 15.3. The van der Waals surface area contributed by atoms with Gasteiger partial charge in [-0.1, -0.05) is 71.6 Å². The van der Waals surface area contributed by atoms with Gasteiger partial charge in [0.2, 0.25) is 0 Å². The molecule has 0 aliphatic carbocycles. The third kappa shape index (κ3) is 13.7. The molecule has 0 heterocycles. The maximum absolute atomic E-state index is 11.6. The van der Waals surface area contributed by atoms with Crippen LogP contribution in [0.3, 0.4) is 0 Å². The maximum atomic E-state index is 11.6. The molecule has 0 saturated heterocycles. The van der Waals surface area contributed by atoms with E-state index in [9.17, 15) is 13.2 Å². The van der Waals surface area contributed by atoms with E-state index in [4.69, 9.17) is 9.29 Å². The van der Waals surface area contributed by atoms with E-state index in [0.717, 1.165) is 19.3 Å². The van der Waals surface area contributed by atoms with Gasteiger partial charge in [-0.15, -0.1) is 0 Å². The lowest BCUT2D eigenvalue weighted by molar-refractivity contribution is -0.152. The van der Waals surface area contributed by atoms with Gasteiger partial charge in [-0.25, -0.2) is 8.98 Å². The molecule has 6 nitrogen and oxygen atoms in total. The predicted molar refractivity (Wildman–Crippen MR) is 94.1 cm³/mol. The number of unbranched alkanes of at least 4 members (excludes halogenated alkanes) is 7. The van der Waals surface area contributed by atoms with Gasteiger partial charge >= 0.3 is 16.4 Å². The van der Waals surface area contributed by atoms with Crippen molar-refractivity contribution in [2.24, 2.45) is 5.92 Å². The van der Waals surface area contributed by atoms with Crippen LogP contribution in [0.15, 0.2) is 0 Å². The van der Waals surface area contributed by atoms with Crippen LogP contribution in [0.5, 0.6) is 0 Å². The zero-order chi connectivity index (χ0) is 18.4. The van der Waals surface area contributed by atoms with Crippen molar-refractivity contribution in [2.45, 2.75) is 91.1 Å².